The molecule has 37 heavy (non-hydrogen) atoms. The number of carbonyl (C=O) groups excluding carboxylic acids is 4. The number of carbonyl (C=O) groups is 4. The van der Waals surface area contributed by atoms with Crippen LogP contribution in [0.1, 0.15) is 44.4 Å². The van der Waals surface area contributed by atoms with Gasteiger partial charge in [0.1, 0.15) is 25.4 Å². The minimum atomic E-state index is -1.44. The third kappa shape index (κ3) is 7.63. The van der Waals surface area contributed by atoms with Crippen molar-refractivity contribution in [1.82, 2.24) is 5.32 Å². The van der Waals surface area contributed by atoms with E-state index in [1.807, 2.05) is 18.2 Å². The Kier molecular flexibility index (Phi) is 8.65. The molecule has 0 aliphatic carbocycles. The van der Waals surface area contributed by atoms with Gasteiger partial charge in [0, 0.05) is 12.5 Å². The summed E-state index contributed by atoms with van der Waals surface area (Å²) in [6.07, 6.45) is -2.32. The first kappa shape index (κ1) is 27.4. The number of amides is 2. The van der Waals surface area contributed by atoms with Gasteiger partial charge >= 0.3 is 18.0 Å². The van der Waals surface area contributed by atoms with E-state index in [0.717, 1.165) is 5.56 Å². The van der Waals surface area contributed by atoms with Crippen molar-refractivity contribution in [3.63, 3.8) is 0 Å². The Morgan fingerprint density at radius 2 is 1.70 bits per heavy atom. The number of nitrogens with one attached hydrogen (secondary N) is 1. The maximum absolute atomic E-state index is 13.7. The molecule has 0 radical (unpaired) electrons. The third-order valence-corrected chi connectivity index (χ3v) is 5.19. The van der Waals surface area contributed by atoms with Crippen molar-refractivity contribution in [2.24, 2.45) is 4.99 Å². The maximum Gasteiger partial charge on any atom is 0.409 e. The molecule has 2 amide bonds. The number of para-hydroxylation sites is 1. The van der Waals surface area contributed by atoms with Crippen LogP contribution in [0.15, 0.2) is 53.5 Å². The van der Waals surface area contributed by atoms with Gasteiger partial charge in [0.15, 0.2) is 0 Å². The van der Waals surface area contributed by atoms with Crippen molar-refractivity contribution >= 4 is 35.3 Å². The third-order valence-electron chi connectivity index (χ3n) is 5.19. The fourth-order valence-electron chi connectivity index (χ4n) is 3.70. The number of benzodiazepines with no additional fused rings is 1. The quantitative estimate of drug-likeness (QED) is 0.449. The lowest BCUT2D eigenvalue weighted by Crippen LogP contribution is -2.49. The Bertz CT molecular complexity index is 1200. The molecule has 3 rings (SSSR count). The van der Waals surface area contributed by atoms with E-state index in [-0.39, 0.29) is 18.9 Å². The molecule has 0 fully saturated rings. The number of nitrogens with zero attached hydrogens (tertiary/aromatic N) is 2. The molecule has 1 heterocycles. The SMILES string of the molecule is CC(=O)OCC1=N[C@H](NC(=O)OCc2ccccc2)C(=O)N(CC(=O)OC(C)(C)C)c2c(C)cccc21. The van der Waals surface area contributed by atoms with E-state index >= 15 is 0 Å². The van der Waals surface area contributed by atoms with E-state index in [9.17, 15) is 19.2 Å². The Morgan fingerprint density at radius 1 is 1.00 bits per heavy atom. The van der Waals surface area contributed by atoms with Crippen LogP contribution in [0.25, 0.3) is 0 Å². The van der Waals surface area contributed by atoms with E-state index in [1.54, 1.807) is 58.0 Å². The van der Waals surface area contributed by atoms with Crippen LogP contribution in [-0.2, 0) is 35.2 Å². The summed E-state index contributed by atoms with van der Waals surface area (Å²) in [5.41, 5.74) is 1.82. The summed E-state index contributed by atoms with van der Waals surface area (Å²) >= 11 is 0. The van der Waals surface area contributed by atoms with Crippen molar-refractivity contribution in [2.75, 3.05) is 18.1 Å². The summed E-state index contributed by atoms with van der Waals surface area (Å²) in [5, 5.41) is 2.47. The molecular formula is C27H31N3O7. The van der Waals surface area contributed by atoms with Crippen LogP contribution in [0.3, 0.4) is 0 Å². The van der Waals surface area contributed by atoms with Gasteiger partial charge in [0.05, 0.1) is 11.4 Å². The minimum absolute atomic E-state index is 0.0153. The number of fused-ring (bicyclic) bond motifs is 1. The molecule has 1 aliphatic rings. The normalized spacial score (nSPS) is 15.2. The second-order valence-electron chi connectivity index (χ2n) is 9.45. The number of benzene rings is 2. The second kappa shape index (κ2) is 11.7. The molecule has 1 aliphatic heterocycles. The van der Waals surface area contributed by atoms with Crippen LogP contribution < -0.4 is 10.2 Å². The van der Waals surface area contributed by atoms with Crippen molar-refractivity contribution in [3.8, 4) is 0 Å². The maximum atomic E-state index is 13.7. The predicted octanol–water partition coefficient (Wildman–Crippen LogP) is 3.29. The average Bonchev–Trinajstić information content (AvgIpc) is 2.92. The number of hydrogen-bond acceptors (Lipinski definition) is 8. The van der Waals surface area contributed by atoms with Crippen LogP contribution in [0.4, 0.5) is 10.5 Å². The average molecular weight is 510 g/mol. The highest BCUT2D eigenvalue weighted by molar-refractivity contribution is 6.15. The van der Waals surface area contributed by atoms with Crippen LogP contribution in [0.5, 0.6) is 0 Å². The van der Waals surface area contributed by atoms with Crippen LogP contribution >= 0.6 is 0 Å². The number of ether oxygens (including phenoxy) is 3. The van der Waals surface area contributed by atoms with Crippen LogP contribution in [0.2, 0.25) is 0 Å². The Morgan fingerprint density at radius 3 is 2.35 bits per heavy atom. The van der Waals surface area contributed by atoms with Gasteiger partial charge in [-0.3, -0.25) is 29.6 Å². The molecule has 196 valence electrons. The zero-order valence-corrected chi connectivity index (χ0v) is 21.6. The first-order valence-corrected chi connectivity index (χ1v) is 11.7. The molecule has 10 heteroatoms. The fraction of sp³-hybridized carbons (Fsp3) is 0.370. The Balaban J connectivity index is 1.95. The molecular weight excluding hydrogens is 478 g/mol. The van der Waals surface area contributed by atoms with Gasteiger partial charge in [0.2, 0.25) is 6.17 Å². The number of esters is 2. The molecule has 0 bridgehead atoms. The van der Waals surface area contributed by atoms with E-state index in [4.69, 9.17) is 14.2 Å². The van der Waals surface area contributed by atoms with Crippen LogP contribution in [-0.4, -0.2) is 54.6 Å². The number of anilines is 1. The summed E-state index contributed by atoms with van der Waals surface area (Å²) in [6.45, 7) is 7.53. The van der Waals surface area contributed by atoms with Crippen molar-refractivity contribution in [1.29, 1.82) is 0 Å². The van der Waals surface area contributed by atoms with Crippen molar-refractivity contribution in [2.45, 2.75) is 53.0 Å². The Hall–Kier alpha value is -4.21. The van der Waals surface area contributed by atoms with Gasteiger partial charge in [-0.2, -0.15) is 0 Å². The highest BCUT2D eigenvalue weighted by atomic mass is 16.6. The first-order valence-electron chi connectivity index (χ1n) is 11.7. The highest BCUT2D eigenvalue weighted by Gasteiger charge is 2.36. The lowest BCUT2D eigenvalue weighted by atomic mass is 10.0. The molecule has 0 aromatic heterocycles. The summed E-state index contributed by atoms with van der Waals surface area (Å²) in [7, 11) is 0. The van der Waals surface area contributed by atoms with Gasteiger partial charge in [0.25, 0.3) is 5.91 Å². The topological polar surface area (TPSA) is 124 Å². The molecule has 2 aromatic rings. The minimum Gasteiger partial charge on any atom is -0.459 e. The molecule has 0 unspecified atom stereocenters. The molecule has 10 nitrogen and oxygen atoms in total. The second-order valence-corrected chi connectivity index (χ2v) is 9.45. The van der Waals surface area contributed by atoms with E-state index in [2.05, 4.69) is 10.3 Å². The zero-order valence-electron chi connectivity index (χ0n) is 21.6. The van der Waals surface area contributed by atoms with Crippen molar-refractivity contribution < 1.29 is 33.4 Å². The Labute approximate surface area is 215 Å². The van der Waals surface area contributed by atoms with Gasteiger partial charge in [-0.1, -0.05) is 48.5 Å². The van der Waals surface area contributed by atoms with Gasteiger partial charge in [-0.05, 0) is 38.8 Å². The largest absolute Gasteiger partial charge is 0.459 e. The number of aliphatic imine (C=N–C) groups is 1. The lowest BCUT2D eigenvalue weighted by Gasteiger charge is -2.28. The van der Waals surface area contributed by atoms with Gasteiger partial charge < -0.3 is 14.2 Å². The smallest absolute Gasteiger partial charge is 0.409 e. The number of hydrogen-bond donors (Lipinski definition) is 1. The zero-order chi connectivity index (χ0) is 27.2. The molecule has 0 spiro atoms. The van der Waals surface area contributed by atoms with E-state index < -0.39 is 42.3 Å². The van der Waals surface area contributed by atoms with Crippen molar-refractivity contribution in [3.05, 3.63) is 65.2 Å². The van der Waals surface area contributed by atoms with Crippen LogP contribution in [0, 0.1) is 6.92 Å². The summed E-state index contributed by atoms with van der Waals surface area (Å²) < 4.78 is 15.9. The predicted molar refractivity (Wildman–Crippen MR) is 136 cm³/mol. The number of rotatable bonds is 7. The number of aryl methyl sites for hydroxylation is 1. The molecule has 0 saturated heterocycles. The highest BCUT2D eigenvalue weighted by Crippen LogP contribution is 2.30. The summed E-state index contributed by atoms with van der Waals surface area (Å²) in [4.78, 5) is 56.2. The standard InChI is InChI=1S/C27H31N3O7/c1-17-10-9-13-20-21(16-35-18(2)31)28-24(29-26(34)36-15-19-11-7-6-8-12-19)25(33)30(23(17)20)14-22(32)37-27(3,4)5/h6-13,24H,14-16H2,1-5H3,(H,29,34)/t24-/m1/s1. The van der Waals surface area contributed by atoms with Gasteiger partial charge in [-0.15, -0.1) is 0 Å². The van der Waals surface area contributed by atoms with Gasteiger partial charge in [-0.25, -0.2) is 4.79 Å². The monoisotopic (exact) mass is 509 g/mol. The summed E-state index contributed by atoms with van der Waals surface area (Å²) in [6, 6.07) is 14.3. The fourth-order valence-corrected chi connectivity index (χ4v) is 3.70. The molecule has 0 saturated carbocycles. The molecule has 1 atom stereocenters. The lowest BCUT2D eigenvalue weighted by molar-refractivity contribution is -0.153. The van der Waals surface area contributed by atoms with E-state index in [1.165, 1.54) is 11.8 Å². The summed E-state index contributed by atoms with van der Waals surface area (Å²) in [5.74, 6) is -1.84. The number of alkyl carbamates (subject to hydrolysis) is 1. The molecule has 2 aromatic carbocycles. The first-order chi connectivity index (χ1) is 17.4. The molecule has 1 N–H and O–H groups in total. The van der Waals surface area contributed by atoms with E-state index in [0.29, 0.717) is 16.8 Å².